The second-order valence-electron chi connectivity index (χ2n) is 3.58. The highest BCUT2D eigenvalue weighted by atomic mass is 19.1. The SMILES string of the molecule is CC(C)Oc1c(F)cccc1NN=C(C#N)C#N. The van der Waals surface area contributed by atoms with Gasteiger partial charge < -0.3 is 4.74 Å². The molecule has 92 valence electrons. The van der Waals surface area contributed by atoms with Crippen molar-refractivity contribution in [1.82, 2.24) is 0 Å². The van der Waals surface area contributed by atoms with Crippen LogP contribution in [0.3, 0.4) is 0 Å². The zero-order valence-electron chi connectivity index (χ0n) is 9.94. The lowest BCUT2D eigenvalue weighted by molar-refractivity contribution is 0.232. The van der Waals surface area contributed by atoms with Gasteiger partial charge >= 0.3 is 0 Å². The molecule has 5 nitrogen and oxygen atoms in total. The van der Waals surface area contributed by atoms with Gasteiger partial charge in [-0.15, -0.1) is 0 Å². The van der Waals surface area contributed by atoms with Crippen LogP contribution >= 0.6 is 0 Å². The number of hydrazone groups is 1. The van der Waals surface area contributed by atoms with E-state index in [0.29, 0.717) is 0 Å². The molecule has 0 aliphatic rings. The van der Waals surface area contributed by atoms with Crippen molar-refractivity contribution in [3.8, 4) is 17.9 Å². The summed E-state index contributed by atoms with van der Waals surface area (Å²) in [6.45, 7) is 3.52. The molecule has 0 atom stereocenters. The molecule has 0 amide bonds. The average Bonchev–Trinajstić information content (AvgIpc) is 2.34. The van der Waals surface area contributed by atoms with Crippen LogP contribution in [0.2, 0.25) is 0 Å². The minimum atomic E-state index is -0.542. The van der Waals surface area contributed by atoms with E-state index in [-0.39, 0.29) is 23.3 Å². The van der Waals surface area contributed by atoms with Crippen LogP contribution in [0.1, 0.15) is 13.8 Å². The Hall–Kier alpha value is -2.60. The van der Waals surface area contributed by atoms with Crippen molar-refractivity contribution < 1.29 is 9.13 Å². The number of ether oxygens (including phenoxy) is 1. The lowest BCUT2D eigenvalue weighted by Crippen LogP contribution is -2.09. The van der Waals surface area contributed by atoms with Gasteiger partial charge in [-0.25, -0.2) is 4.39 Å². The Morgan fingerprint density at radius 1 is 1.39 bits per heavy atom. The first-order valence-corrected chi connectivity index (χ1v) is 5.17. The minimum absolute atomic E-state index is 0.00600. The summed E-state index contributed by atoms with van der Waals surface area (Å²) < 4.78 is 18.9. The summed E-state index contributed by atoms with van der Waals surface area (Å²) in [5, 5.41) is 20.6. The Labute approximate surface area is 104 Å². The van der Waals surface area contributed by atoms with Gasteiger partial charge in [-0.2, -0.15) is 15.6 Å². The standard InChI is InChI=1S/C12H11FN4O/c1-8(2)18-12-10(13)4-3-5-11(12)17-16-9(6-14)7-15/h3-5,8,17H,1-2H3. The second kappa shape index (κ2) is 6.21. The van der Waals surface area contributed by atoms with Crippen LogP contribution in [0.15, 0.2) is 23.3 Å². The van der Waals surface area contributed by atoms with Crippen LogP contribution in [0.5, 0.6) is 5.75 Å². The van der Waals surface area contributed by atoms with E-state index in [1.165, 1.54) is 18.2 Å². The monoisotopic (exact) mass is 246 g/mol. The lowest BCUT2D eigenvalue weighted by Gasteiger charge is -2.14. The van der Waals surface area contributed by atoms with Gasteiger partial charge in [0, 0.05) is 0 Å². The number of benzene rings is 1. The maximum absolute atomic E-state index is 13.6. The molecule has 1 aromatic rings. The van der Waals surface area contributed by atoms with Crippen molar-refractivity contribution >= 4 is 11.4 Å². The molecule has 6 heteroatoms. The minimum Gasteiger partial charge on any atom is -0.486 e. The second-order valence-corrected chi connectivity index (χ2v) is 3.58. The molecule has 1 N–H and O–H groups in total. The molecule has 0 aromatic heterocycles. The fourth-order valence-corrected chi connectivity index (χ4v) is 1.14. The van der Waals surface area contributed by atoms with Crippen molar-refractivity contribution in [2.75, 3.05) is 5.43 Å². The maximum Gasteiger partial charge on any atom is 0.237 e. The molecule has 0 radical (unpaired) electrons. The normalized spacial score (nSPS) is 9.22. The number of rotatable bonds is 4. The van der Waals surface area contributed by atoms with Crippen molar-refractivity contribution in [2.24, 2.45) is 5.10 Å². The number of hydrogen-bond donors (Lipinski definition) is 1. The van der Waals surface area contributed by atoms with Crippen LogP contribution in [-0.2, 0) is 0 Å². The van der Waals surface area contributed by atoms with Crippen LogP contribution in [-0.4, -0.2) is 11.8 Å². The fraction of sp³-hybridized carbons (Fsp3) is 0.250. The summed E-state index contributed by atoms with van der Waals surface area (Å²) in [4.78, 5) is 0. The van der Waals surface area contributed by atoms with E-state index in [4.69, 9.17) is 15.3 Å². The van der Waals surface area contributed by atoms with Gasteiger partial charge in [-0.05, 0) is 26.0 Å². The van der Waals surface area contributed by atoms with Crippen LogP contribution in [0, 0.1) is 28.5 Å². The van der Waals surface area contributed by atoms with E-state index in [1.54, 1.807) is 26.0 Å². The van der Waals surface area contributed by atoms with Crippen LogP contribution < -0.4 is 10.2 Å². The summed E-state index contributed by atoms with van der Waals surface area (Å²) in [5.74, 6) is -0.536. The molecule has 0 saturated carbocycles. The summed E-state index contributed by atoms with van der Waals surface area (Å²) in [6, 6.07) is 7.44. The summed E-state index contributed by atoms with van der Waals surface area (Å²) in [7, 11) is 0. The highest BCUT2D eigenvalue weighted by Crippen LogP contribution is 2.28. The molecule has 0 unspecified atom stereocenters. The molecular weight excluding hydrogens is 235 g/mol. The van der Waals surface area contributed by atoms with Crippen LogP contribution in [0.4, 0.5) is 10.1 Å². The zero-order valence-corrected chi connectivity index (χ0v) is 9.94. The molecular formula is C12H11FN4O. The molecule has 0 heterocycles. The summed E-state index contributed by atoms with van der Waals surface area (Å²) >= 11 is 0. The number of nitriles is 2. The quantitative estimate of drug-likeness (QED) is 0.653. The van der Waals surface area contributed by atoms with Gasteiger partial charge in [0.1, 0.15) is 17.8 Å². The van der Waals surface area contributed by atoms with E-state index in [2.05, 4.69) is 10.5 Å². The topological polar surface area (TPSA) is 81.2 Å². The van der Waals surface area contributed by atoms with Gasteiger partial charge in [0.2, 0.25) is 5.71 Å². The first-order chi connectivity index (χ1) is 8.58. The molecule has 0 aliphatic carbocycles. The molecule has 0 saturated heterocycles. The van der Waals surface area contributed by atoms with Gasteiger partial charge in [0.15, 0.2) is 11.6 Å². The number of hydrogen-bond acceptors (Lipinski definition) is 5. The van der Waals surface area contributed by atoms with Crippen molar-refractivity contribution in [3.05, 3.63) is 24.0 Å². The van der Waals surface area contributed by atoms with E-state index < -0.39 is 5.82 Å². The first kappa shape index (κ1) is 13.5. The summed E-state index contributed by atoms with van der Waals surface area (Å²) in [6.07, 6.45) is -0.210. The van der Waals surface area contributed by atoms with Crippen molar-refractivity contribution in [2.45, 2.75) is 20.0 Å². The Morgan fingerprint density at radius 3 is 2.61 bits per heavy atom. The van der Waals surface area contributed by atoms with E-state index >= 15 is 0 Å². The fourth-order valence-electron chi connectivity index (χ4n) is 1.14. The van der Waals surface area contributed by atoms with Gasteiger partial charge in [0.25, 0.3) is 0 Å². The molecule has 0 bridgehead atoms. The highest BCUT2D eigenvalue weighted by Gasteiger charge is 2.11. The third kappa shape index (κ3) is 3.46. The number of anilines is 1. The predicted octanol–water partition coefficient (Wildman–Crippen LogP) is 2.43. The highest BCUT2D eigenvalue weighted by molar-refractivity contribution is 6.10. The van der Waals surface area contributed by atoms with Crippen molar-refractivity contribution in [1.29, 1.82) is 10.5 Å². The molecule has 1 aromatic carbocycles. The summed E-state index contributed by atoms with van der Waals surface area (Å²) in [5.41, 5.74) is 2.34. The van der Waals surface area contributed by atoms with E-state index in [0.717, 1.165) is 0 Å². The van der Waals surface area contributed by atoms with Crippen LogP contribution in [0.25, 0.3) is 0 Å². The third-order valence-corrected chi connectivity index (χ3v) is 1.82. The number of nitrogens with zero attached hydrogens (tertiary/aromatic N) is 3. The largest absolute Gasteiger partial charge is 0.486 e. The van der Waals surface area contributed by atoms with Gasteiger partial charge in [-0.1, -0.05) is 6.07 Å². The molecule has 18 heavy (non-hydrogen) atoms. The number of nitrogens with one attached hydrogen (secondary N) is 1. The maximum atomic E-state index is 13.6. The average molecular weight is 246 g/mol. The van der Waals surface area contributed by atoms with Crippen molar-refractivity contribution in [3.63, 3.8) is 0 Å². The molecule has 1 rings (SSSR count). The van der Waals surface area contributed by atoms with Gasteiger partial charge in [-0.3, -0.25) is 5.43 Å². The first-order valence-electron chi connectivity index (χ1n) is 5.17. The third-order valence-electron chi connectivity index (χ3n) is 1.82. The van der Waals surface area contributed by atoms with E-state index in [1.807, 2.05) is 0 Å². The zero-order chi connectivity index (χ0) is 13.5. The lowest BCUT2D eigenvalue weighted by atomic mass is 10.3. The Morgan fingerprint density at radius 2 is 2.06 bits per heavy atom. The predicted molar refractivity (Wildman–Crippen MR) is 64.4 cm³/mol. The molecule has 0 aliphatic heterocycles. The Bertz CT molecular complexity index is 524. The molecule has 0 spiro atoms. The van der Waals surface area contributed by atoms with Gasteiger partial charge in [0.05, 0.1) is 6.10 Å². The number of halogens is 1. The smallest absolute Gasteiger partial charge is 0.237 e. The number of para-hydroxylation sites is 1. The molecule has 0 fully saturated rings. The van der Waals surface area contributed by atoms with E-state index in [9.17, 15) is 4.39 Å². The Balaban J connectivity index is 3.03. The Kier molecular flexibility index (Phi) is 4.65.